The number of aliphatic hydroxyl groups is 3. The molecule has 0 aliphatic carbocycles. The van der Waals surface area contributed by atoms with Gasteiger partial charge in [-0.2, -0.15) is 0 Å². The zero-order valence-corrected chi connectivity index (χ0v) is 43.9. The van der Waals surface area contributed by atoms with E-state index in [1.54, 1.807) is 24.3 Å². The van der Waals surface area contributed by atoms with Crippen LogP contribution < -0.4 is 26.6 Å². The minimum absolute atomic E-state index is 0.0163. The van der Waals surface area contributed by atoms with Crippen molar-refractivity contribution in [2.24, 2.45) is 0 Å². The third kappa shape index (κ3) is 27.2. The number of nitrogens with one attached hydrogen (secondary N) is 5. The van der Waals surface area contributed by atoms with Crippen molar-refractivity contribution in [3.8, 4) is 11.5 Å². The summed E-state index contributed by atoms with van der Waals surface area (Å²) in [5, 5.41) is 111. The van der Waals surface area contributed by atoms with Crippen LogP contribution >= 0.6 is 0 Å². The highest BCUT2D eigenvalue weighted by Gasteiger charge is 2.31. The van der Waals surface area contributed by atoms with Gasteiger partial charge in [-0.25, -0.2) is 14.4 Å². The second-order valence-corrected chi connectivity index (χ2v) is 18.8. The quantitative estimate of drug-likeness (QED) is 0.0380. The highest BCUT2D eigenvalue weighted by molar-refractivity contribution is 5.86. The van der Waals surface area contributed by atoms with E-state index in [0.717, 1.165) is 0 Å². The van der Waals surface area contributed by atoms with Crippen molar-refractivity contribution in [3.05, 3.63) is 58.7 Å². The molecule has 0 saturated heterocycles. The van der Waals surface area contributed by atoms with Gasteiger partial charge in [-0.1, -0.05) is 30.7 Å². The smallest absolute Gasteiger partial charge is 0.326 e. The van der Waals surface area contributed by atoms with E-state index in [9.17, 15) is 89.1 Å². The van der Waals surface area contributed by atoms with Crippen molar-refractivity contribution in [1.82, 2.24) is 36.4 Å². The van der Waals surface area contributed by atoms with Gasteiger partial charge in [0.25, 0.3) is 0 Å². The maximum atomic E-state index is 12.7. The number of carbonyl (C=O) groups excluding carboxylic acids is 4. The second-order valence-electron chi connectivity index (χ2n) is 18.8. The standard InChI is InChI=1S/C51H77N7O20/c1-31(47(71)48(72)40(30-59)78-2)54-43(64)18-13-33-11-16-39(61)35(25-33)27-58(29-46(69)70)23-22-57(28-45(67)68)26-34-24-32(10-15-38(34)60)12-17-42(63)53-20-6-3-4-9-41(62)52-21-7-5-8-36(49(73)74)55-51(77)56-37(50(75)76)14-19-44(65)66/h10-11,15-16,24-25,31,36-37,40,47-48,59-61,71-72H,3-9,12-14,17-23,26-30H2,1-2H3,(H,52,62)(H,53,63)(H,54,64)(H,65,66)(H,67,68)(H,69,70)(H,73,74)(H,75,76)(H2,55,56,77)/t31?,36-,37-,40?,47?,48?/m0/s1. The van der Waals surface area contributed by atoms with Crippen molar-refractivity contribution >= 4 is 53.6 Å². The lowest BCUT2D eigenvalue weighted by atomic mass is 10.0. The lowest BCUT2D eigenvalue weighted by Gasteiger charge is -2.28. The molecule has 5 amide bonds. The Balaban J connectivity index is 1.82. The molecule has 0 saturated carbocycles. The first-order valence-electron chi connectivity index (χ1n) is 25.5. The fourth-order valence-corrected chi connectivity index (χ4v) is 8.02. The summed E-state index contributed by atoms with van der Waals surface area (Å²) in [6.07, 6.45) is -1.71. The Hall–Kier alpha value is -7.17. The van der Waals surface area contributed by atoms with E-state index in [1.165, 1.54) is 36.0 Å². The summed E-state index contributed by atoms with van der Waals surface area (Å²) in [6, 6.07) is 4.48. The first-order chi connectivity index (χ1) is 36.9. The molecule has 0 fully saturated rings. The van der Waals surface area contributed by atoms with E-state index in [4.69, 9.17) is 9.84 Å². The summed E-state index contributed by atoms with van der Waals surface area (Å²) < 4.78 is 4.94. The molecule has 4 unspecified atom stereocenters. The fraction of sp³-hybridized carbons (Fsp3) is 0.588. The summed E-state index contributed by atoms with van der Waals surface area (Å²) in [4.78, 5) is 110. The molecule has 0 aromatic heterocycles. The predicted molar refractivity (Wildman–Crippen MR) is 276 cm³/mol. The molecule has 0 spiro atoms. The molecule has 15 N–H and O–H groups in total. The second kappa shape index (κ2) is 36.0. The number of amides is 5. The number of carbonyl (C=O) groups is 9. The highest BCUT2D eigenvalue weighted by atomic mass is 16.5. The molecule has 2 aromatic carbocycles. The predicted octanol–water partition coefficient (Wildman–Crippen LogP) is -0.296. The number of nitrogens with zero attached hydrogens (tertiary/aromatic N) is 2. The Labute approximate surface area is 450 Å². The number of phenolic OH excluding ortho intramolecular Hbond substituents is 2. The number of methoxy groups -OCH3 is 1. The maximum Gasteiger partial charge on any atom is 0.326 e. The Morgan fingerprint density at radius 2 is 1.04 bits per heavy atom. The van der Waals surface area contributed by atoms with E-state index in [-0.39, 0.29) is 94.6 Å². The van der Waals surface area contributed by atoms with Crippen LogP contribution in [0.3, 0.4) is 0 Å². The third-order valence-electron chi connectivity index (χ3n) is 12.4. The molecule has 0 aliphatic heterocycles. The van der Waals surface area contributed by atoms with Crippen LogP contribution in [-0.4, -0.2) is 204 Å². The summed E-state index contributed by atoms with van der Waals surface area (Å²) in [6.45, 7) is 0.525. The monoisotopic (exact) mass is 1110 g/mol. The van der Waals surface area contributed by atoms with Crippen LogP contribution in [0.15, 0.2) is 36.4 Å². The van der Waals surface area contributed by atoms with E-state index >= 15 is 0 Å². The fourth-order valence-electron chi connectivity index (χ4n) is 8.02. The lowest BCUT2D eigenvalue weighted by Crippen LogP contribution is -2.51. The first kappa shape index (κ1) is 66.9. The van der Waals surface area contributed by atoms with E-state index in [0.29, 0.717) is 60.9 Å². The number of aliphatic carboxylic acids is 5. The van der Waals surface area contributed by atoms with Crippen LogP contribution in [0.25, 0.3) is 0 Å². The maximum absolute atomic E-state index is 12.7. The Morgan fingerprint density at radius 1 is 0.564 bits per heavy atom. The lowest BCUT2D eigenvalue weighted by molar-refractivity contribution is -0.141. The average Bonchev–Trinajstić information content (AvgIpc) is 3.37. The molecule has 2 rings (SSSR count). The number of carboxylic acid groups (broad SMARTS) is 5. The normalized spacial score (nSPS) is 13.6. The van der Waals surface area contributed by atoms with E-state index in [2.05, 4.69) is 26.6 Å². The van der Waals surface area contributed by atoms with Crippen LogP contribution in [0.4, 0.5) is 4.79 Å². The highest BCUT2D eigenvalue weighted by Crippen LogP contribution is 2.24. The summed E-state index contributed by atoms with van der Waals surface area (Å²) in [5.74, 6) is -7.64. The molecule has 0 radical (unpaired) electrons. The van der Waals surface area contributed by atoms with Crippen molar-refractivity contribution in [2.75, 3.05) is 53.0 Å². The van der Waals surface area contributed by atoms with E-state index in [1.807, 2.05) is 0 Å². The van der Waals surface area contributed by atoms with Gasteiger partial charge in [-0.05, 0) is 81.5 Å². The van der Waals surface area contributed by atoms with Gasteiger partial charge in [-0.3, -0.25) is 38.6 Å². The summed E-state index contributed by atoms with van der Waals surface area (Å²) in [5.41, 5.74) is 2.02. The van der Waals surface area contributed by atoms with Crippen molar-refractivity contribution in [2.45, 2.75) is 140 Å². The zero-order valence-electron chi connectivity index (χ0n) is 43.9. The number of phenols is 2. The number of benzene rings is 2. The number of ether oxygens (including phenoxy) is 1. The molecule has 27 heteroatoms. The van der Waals surface area contributed by atoms with E-state index < -0.39 is 111 Å². The molecule has 27 nitrogen and oxygen atoms in total. The average molecular weight is 1110 g/mol. The number of carboxylic acids is 5. The van der Waals surface area contributed by atoms with Gasteiger partial charge >= 0.3 is 35.9 Å². The van der Waals surface area contributed by atoms with Crippen molar-refractivity contribution < 1.29 is 99.0 Å². The van der Waals surface area contributed by atoms with Gasteiger partial charge in [-0.15, -0.1) is 0 Å². The number of aliphatic hydroxyl groups excluding tert-OH is 3. The minimum atomic E-state index is -1.53. The third-order valence-corrected chi connectivity index (χ3v) is 12.4. The molecule has 0 bridgehead atoms. The van der Waals surface area contributed by atoms with Gasteiger partial charge in [0, 0.05) is 83.2 Å². The molecular weight excluding hydrogens is 1030 g/mol. The number of urea groups is 1. The number of aryl methyl sites for hydroxylation is 2. The van der Waals surface area contributed by atoms with Gasteiger partial charge < -0.3 is 82.4 Å². The van der Waals surface area contributed by atoms with Crippen LogP contribution in [-0.2, 0) is 69.0 Å². The van der Waals surface area contributed by atoms with Crippen LogP contribution in [0, 0.1) is 0 Å². The number of unbranched alkanes of at least 4 members (excludes halogenated alkanes) is 3. The molecule has 78 heavy (non-hydrogen) atoms. The zero-order chi connectivity index (χ0) is 58.3. The van der Waals surface area contributed by atoms with Gasteiger partial charge in [0.05, 0.1) is 25.7 Å². The first-order valence-corrected chi connectivity index (χ1v) is 25.5. The number of rotatable bonds is 41. The molecule has 0 aliphatic rings. The van der Waals surface area contributed by atoms with Gasteiger partial charge in [0.2, 0.25) is 17.7 Å². The van der Waals surface area contributed by atoms with Gasteiger partial charge in [0.1, 0.15) is 41.9 Å². The van der Waals surface area contributed by atoms with Crippen LogP contribution in [0.1, 0.15) is 99.8 Å². The largest absolute Gasteiger partial charge is 0.508 e. The van der Waals surface area contributed by atoms with Crippen molar-refractivity contribution in [1.29, 1.82) is 0 Å². The molecule has 6 atom stereocenters. The van der Waals surface area contributed by atoms with Crippen LogP contribution in [0.2, 0.25) is 0 Å². The topological polar surface area (TPSA) is 432 Å². The Bertz CT molecular complexity index is 2280. The summed E-state index contributed by atoms with van der Waals surface area (Å²) in [7, 11) is 1.26. The van der Waals surface area contributed by atoms with Gasteiger partial charge in [0.15, 0.2) is 0 Å². The number of hydrogen-bond donors (Lipinski definition) is 15. The Kier molecular flexibility index (Phi) is 30.9. The number of hydrogen-bond acceptors (Lipinski definition) is 17. The molecule has 436 valence electrons. The SMILES string of the molecule is COC(CO)C(O)C(O)C(C)NC(=O)CCc1ccc(O)c(CN(CCN(CC(=O)O)Cc2cc(CCC(=O)NCCCCCC(=O)NCCCC[C@H](NC(=O)N[C@@H](CCC(=O)O)C(=O)O)C(=O)O)ccc2O)CC(=O)O)c1. The molecular formula is C51H77N7O20. The van der Waals surface area contributed by atoms with Crippen molar-refractivity contribution in [3.63, 3.8) is 0 Å². The summed E-state index contributed by atoms with van der Waals surface area (Å²) >= 11 is 0. The van der Waals surface area contributed by atoms with Crippen LogP contribution in [0.5, 0.6) is 11.5 Å². The Morgan fingerprint density at radius 3 is 1.50 bits per heavy atom. The molecule has 0 heterocycles. The molecule has 2 aromatic rings. The number of aromatic hydroxyl groups is 2. The minimum Gasteiger partial charge on any atom is -0.508 e.